The normalized spacial score (nSPS) is 10.4. The summed E-state index contributed by atoms with van der Waals surface area (Å²) in [7, 11) is 0. The van der Waals surface area contributed by atoms with Crippen molar-refractivity contribution in [3.8, 4) is 5.75 Å². The van der Waals surface area contributed by atoms with Crippen molar-refractivity contribution in [2.45, 2.75) is 34.1 Å². The standard InChI is InChI=1S/C22H28N2O3/c1-5-23(20-9-7-8-17(3)16-20)22(26)14-15-24(18(4)25)19-10-12-21(13-11-19)27-6-2/h7-13,16H,5-6,14-15H2,1-4H3. The molecule has 2 rings (SSSR count). The van der Waals surface area contributed by atoms with E-state index in [0.717, 1.165) is 22.7 Å². The molecule has 0 bridgehead atoms. The molecule has 0 heterocycles. The first-order valence-electron chi connectivity index (χ1n) is 9.34. The molecule has 0 aliphatic heterocycles. The smallest absolute Gasteiger partial charge is 0.228 e. The molecule has 0 saturated heterocycles. The lowest BCUT2D eigenvalue weighted by Crippen LogP contribution is -2.36. The molecule has 0 unspecified atom stereocenters. The second-order valence-electron chi connectivity index (χ2n) is 6.32. The molecule has 0 saturated carbocycles. The summed E-state index contributed by atoms with van der Waals surface area (Å²) in [6, 6.07) is 15.2. The first-order chi connectivity index (χ1) is 13.0. The summed E-state index contributed by atoms with van der Waals surface area (Å²) >= 11 is 0. The van der Waals surface area contributed by atoms with Gasteiger partial charge in [-0.1, -0.05) is 12.1 Å². The molecular weight excluding hydrogens is 340 g/mol. The molecule has 0 spiro atoms. The molecule has 0 N–H and O–H groups in total. The molecule has 0 aromatic heterocycles. The molecule has 2 amide bonds. The molecule has 0 aliphatic carbocycles. The number of aryl methyl sites for hydroxylation is 1. The van der Waals surface area contributed by atoms with E-state index in [9.17, 15) is 9.59 Å². The van der Waals surface area contributed by atoms with Gasteiger partial charge in [-0.3, -0.25) is 9.59 Å². The van der Waals surface area contributed by atoms with Gasteiger partial charge >= 0.3 is 0 Å². The number of hydrogen-bond donors (Lipinski definition) is 0. The van der Waals surface area contributed by atoms with Crippen LogP contribution < -0.4 is 14.5 Å². The Bertz CT molecular complexity index is 771. The van der Waals surface area contributed by atoms with Crippen LogP contribution in [-0.4, -0.2) is 31.5 Å². The summed E-state index contributed by atoms with van der Waals surface area (Å²) in [5, 5.41) is 0. The van der Waals surface area contributed by atoms with Gasteiger partial charge in [0.1, 0.15) is 5.75 Å². The molecule has 0 fully saturated rings. The first-order valence-corrected chi connectivity index (χ1v) is 9.34. The lowest BCUT2D eigenvalue weighted by molar-refractivity contribution is -0.118. The van der Waals surface area contributed by atoms with Crippen LogP contribution in [0.2, 0.25) is 0 Å². The number of rotatable bonds is 8. The van der Waals surface area contributed by atoms with E-state index in [1.807, 2.05) is 69.3 Å². The molecule has 2 aromatic rings. The number of benzene rings is 2. The Morgan fingerprint density at radius 1 is 0.963 bits per heavy atom. The molecular formula is C22H28N2O3. The predicted octanol–water partition coefficient (Wildman–Crippen LogP) is 4.19. The van der Waals surface area contributed by atoms with Crippen LogP contribution in [0.3, 0.4) is 0 Å². The third kappa shape index (κ3) is 5.58. The monoisotopic (exact) mass is 368 g/mol. The molecule has 0 atom stereocenters. The van der Waals surface area contributed by atoms with E-state index in [1.165, 1.54) is 6.92 Å². The zero-order valence-electron chi connectivity index (χ0n) is 16.6. The first kappa shape index (κ1) is 20.5. The maximum atomic E-state index is 12.8. The number of anilines is 2. The summed E-state index contributed by atoms with van der Waals surface area (Å²) in [6.45, 7) is 8.92. The van der Waals surface area contributed by atoms with Gasteiger partial charge in [-0.2, -0.15) is 0 Å². The summed E-state index contributed by atoms with van der Waals surface area (Å²) < 4.78 is 5.44. The molecule has 144 valence electrons. The fraction of sp³-hybridized carbons (Fsp3) is 0.364. The van der Waals surface area contributed by atoms with Crippen molar-refractivity contribution in [3.05, 3.63) is 54.1 Å². The maximum absolute atomic E-state index is 12.8. The van der Waals surface area contributed by atoms with Crippen LogP contribution in [0.15, 0.2) is 48.5 Å². The molecule has 2 aromatic carbocycles. The Hall–Kier alpha value is -2.82. The zero-order chi connectivity index (χ0) is 19.8. The van der Waals surface area contributed by atoms with Crippen LogP contribution in [0.4, 0.5) is 11.4 Å². The highest BCUT2D eigenvalue weighted by Gasteiger charge is 2.18. The Balaban J connectivity index is 2.08. The van der Waals surface area contributed by atoms with Gasteiger partial charge in [0.05, 0.1) is 6.61 Å². The quantitative estimate of drug-likeness (QED) is 0.702. The van der Waals surface area contributed by atoms with Crippen molar-refractivity contribution in [3.63, 3.8) is 0 Å². The van der Waals surface area contributed by atoms with E-state index < -0.39 is 0 Å². The van der Waals surface area contributed by atoms with E-state index in [0.29, 0.717) is 19.7 Å². The van der Waals surface area contributed by atoms with Crippen LogP contribution in [0.1, 0.15) is 32.8 Å². The summed E-state index contributed by atoms with van der Waals surface area (Å²) in [6.07, 6.45) is 0.259. The average Bonchev–Trinajstić information content (AvgIpc) is 2.64. The SMILES string of the molecule is CCOc1ccc(N(CCC(=O)N(CC)c2cccc(C)c2)C(C)=O)cc1. The van der Waals surface area contributed by atoms with Crippen molar-refractivity contribution >= 4 is 23.2 Å². The minimum Gasteiger partial charge on any atom is -0.494 e. The van der Waals surface area contributed by atoms with Gasteiger partial charge in [-0.25, -0.2) is 0 Å². The van der Waals surface area contributed by atoms with Gasteiger partial charge in [-0.15, -0.1) is 0 Å². The molecule has 0 aliphatic rings. The van der Waals surface area contributed by atoms with E-state index in [1.54, 1.807) is 9.80 Å². The predicted molar refractivity (Wildman–Crippen MR) is 109 cm³/mol. The van der Waals surface area contributed by atoms with Crippen LogP contribution in [0.25, 0.3) is 0 Å². The molecule has 5 nitrogen and oxygen atoms in total. The number of nitrogens with zero attached hydrogens (tertiary/aromatic N) is 2. The van der Waals surface area contributed by atoms with E-state index in [-0.39, 0.29) is 18.2 Å². The minimum absolute atomic E-state index is 0.000265. The van der Waals surface area contributed by atoms with Gasteiger partial charge in [-0.05, 0) is 62.7 Å². The van der Waals surface area contributed by atoms with Crippen molar-refractivity contribution in [1.29, 1.82) is 0 Å². The Kier molecular flexibility index (Phi) is 7.41. The fourth-order valence-electron chi connectivity index (χ4n) is 3.00. The van der Waals surface area contributed by atoms with Crippen molar-refractivity contribution in [2.24, 2.45) is 0 Å². The Morgan fingerprint density at radius 3 is 2.22 bits per heavy atom. The largest absolute Gasteiger partial charge is 0.494 e. The Morgan fingerprint density at radius 2 is 1.67 bits per heavy atom. The Labute approximate surface area is 161 Å². The van der Waals surface area contributed by atoms with Gasteiger partial charge in [0, 0.05) is 37.8 Å². The van der Waals surface area contributed by atoms with Gasteiger partial charge in [0.15, 0.2) is 0 Å². The lowest BCUT2D eigenvalue weighted by atomic mass is 10.2. The summed E-state index contributed by atoms with van der Waals surface area (Å²) in [4.78, 5) is 28.2. The fourth-order valence-corrected chi connectivity index (χ4v) is 3.00. The number of carbonyl (C=O) groups excluding carboxylic acids is 2. The minimum atomic E-state index is -0.0921. The second kappa shape index (κ2) is 9.76. The topological polar surface area (TPSA) is 49.9 Å². The summed E-state index contributed by atoms with van der Waals surface area (Å²) in [5.74, 6) is 0.670. The highest BCUT2D eigenvalue weighted by Crippen LogP contribution is 2.21. The highest BCUT2D eigenvalue weighted by atomic mass is 16.5. The third-order valence-electron chi connectivity index (χ3n) is 4.32. The van der Waals surface area contributed by atoms with Crippen LogP contribution >= 0.6 is 0 Å². The van der Waals surface area contributed by atoms with E-state index in [4.69, 9.17) is 4.74 Å². The molecule has 0 radical (unpaired) electrons. The van der Waals surface area contributed by atoms with E-state index >= 15 is 0 Å². The molecule has 27 heavy (non-hydrogen) atoms. The van der Waals surface area contributed by atoms with Crippen molar-refractivity contribution in [1.82, 2.24) is 0 Å². The number of ether oxygens (including phenoxy) is 1. The average molecular weight is 368 g/mol. The third-order valence-corrected chi connectivity index (χ3v) is 4.32. The van der Waals surface area contributed by atoms with Crippen LogP contribution in [0, 0.1) is 6.92 Å². The number of hydrogen-bond acceptors (Lipinski definition) is 3. The van der Waals surface area contributed by atoms with Gasteiger partial charge < -0.3 is 14.5 Å². The summed E-state index contributed by atoms with van der Waals surface area (Å²) in [5.41, 5.74) is 2.76. The van der Waals surface area contributed by atoms with Crippen molar-refractivity contribution < 1.29 is 14.3 Å². The van der Waals surface area contributed by atoms with E-state index in [2.05, 4.69) is 0 Å². The van der Waals surface area contributed by atoms with Gasteiger partial charge in [0.2, 0.25) is 11.8 Å². The number of carbonyl (C=O) groups is 2. The number of amides is 2. The van der Waals surface area contributed by atoms with Crippen molar-refractivity contribution in [2.75, 3.05) is 29.5 Å². The van der Waals surface area contributed by atoms with Crippen LogP contribution in [-0.2, 0) is 9.59 Å². The zero-order valence-corrected chi connectivity index (χ0v) is 16.6. The molecule has 5 heteroatoms. The van der Waals surface area contributed by atoms with Crippen LogP contribution in [0.5, 0.6) is 5.75 Å². The second-order valence-corrected chi connectivity index (χ2v) is 6.32. The maximum Gasteiger partial charge on any atom is 0.228 e. The lowest BCUT2D eigenvalue weighted by Gasteiger charge is -2.25. The van der Waals surface area contributed by atoms with Gasteiger partial charge in [0.25, 0.3) is 0 Å². The highest BCUT2D eigenvalue weighted by molar-refractivity contribution is 5.96.